The highest BCUT2D eigenvalue weighted by Crippen LogP contribution is 2.34. The van der Waals surface area contributed by atoms with Crippen molar-refractivity contribution in [3.63, 3.8) is 0 Å². The van der Waals surface area contributed by atoms with Crippen molar-refractivity contribution in [2.45, 2.75) is 24.8 Å². The van der Waals surface area contributed by atoms with Crippen LogP contribution in [0.3, 0.4) is 0 Å². The molecule has 0 aliphatic heterocycles. The average Bonchev–Trinajstić information content (AvgIpc) is 2.01. The van der Waals surface area contributed by atoms with Gasteiger partial charge in [-0.1, -0.05) is 0 Å². The second-order valence-corrected chi connectivity index (χ2v) is 3.21. The lowest BCUT2D eigenvalue weighted by atomic mass is 9.77. The molecule has 2 nitrogen and oxygen atoms in total. The molecule has 0 bridgehead atoms. The summed E-state index contributed by atoms with van der Waals surface area (Å²) in [5.41, 5.74) is 7.08. The lowest BCUT2D eigenvalue weighted by Crippen LogP contribution is -2.34. The number of pyridine rings is 1. The summed E-state index contributed by atoms with van der Waals surface area (Å²) in [6, 6.07) is 4.60. The average molecular weight is 221 g/mol. The van der Waals surface area contributed by atoms with Gasteiger partial charge >= 0.3 is 0 Å². The van der Waals surface area contributed by atoms with Crippen LogP contribution < -0.4 is 5.73 Å². The molecular formula is C9H14Cl2N2. The molecule has 0 unspecified atom stereocenters. The summed E-state index contributed by atoms with van der Waals surface area (Å²) < 4.78 is 0. The van der Waals surface area contributed by atoms with Crippen LogP contribution in [-0.4, -0.2) is 11.0 Å². The maximum absolute atomic E-state index is 5.69. The maximum atomic E-state index is 5.69. The van der Waals surface area contributed by atoms with Gasteiger partial charge in [-0.2, -0.15) is 0 Å². The third-order valence-electron chi connectivity index (χ3n) is 2.35. The zero-order valence-corrected chi connectivity index (χ0v) is 8.85. The molecule has 0 saturated heterocycles. The van der Waals surface area contributed by atoms with Gasteiger partial charge in [0.15, 0.2) is 0 Å². The van der Waals surface area contributed by atoms with E-state index in [1.807, 2.05) is 12.4 Å². The fraction of sp³-hybridized carbons (Fsp3) is 0.444. The van der Waals surface area contributed by atoms with Gasteiger partial charge < -0.3 is 5.73 Å². The van der Waals surface area contributed by atoms with Crippen molar-refractivity contribution >= 4 is 24.8 Å². The first-order valence-corrected chi connectivity index (χ1v) is 4.02. The minimum Gasteiger partial charge on any atom is -0.328 e. The number of nitrogens with zero attached hydrogens (tertiary/aromatic N) is 1. The SMILES string of the molecule is Cl.Cl.NC1CC(c2ccncc2)C1. The standard InChI is InChI=1S/C9H12N2.2ClH/c10-9-5-8(6-9)7-1-3-11-4-2-7;;/h1-4,8-9H,5-6,10H2;2*1H. The highest BCUT2D eigenvalue weighted by molar-refractivity contribution is 5.85. The van der Waals surface area contributed by atoms with E-state index in [-0.39, 0.29) is 24.8 Å². The molecule has 0 spiro atoms. The van der Waals surface area contributed by atoms with Crippen LogP contribution in [0, 0.1) is 0 Å². The Balaban J connectivity index is 0.000000720. The Labute approximate surface area is 90.8 Å². The monoisotopic (exact) mass is 220 g/mol. The first kappa shape index (κ1) is 12.7. The summed E-state index contributed by atoms with van der Waals surface area (Å²) in [6.45, 7) is 0. The molecule has 2 N–H and O–H groups in total. The van der Waals surface area contributed by atoms with Crippen LogP contribution in [0.5, 0.6) is 0 Å². The molecular weight excluding hydrogens is 207 g/mol. The molecule has 0 aromatic carbocycles. The molecule has 0 radical (unpaired) electrons. The molecule has 1 heterocycles. The molecule has 1 saturated carbocycles. The Bertz CT molecular complexity index is 235. The van der Waals surface area contributed by atoms with Crippen molar-refractivity contribution in [1.82, 2.24) is 4.98 Å². The van der Waals surface area contributed by atoms with Gasteiger partial charge in [0.2, 0.25) is 0 Å². The summed E-state index contributed by atoms with van der Waals surface area (Å²) in [6.07, 6.45) is 5.98. The minimum absolute atomic E-state index is 0. The molecule has 74 valence electrons. The molecule has 0 amide bonds. The molecule has 2 rings (SSSR count). The zero-order valence-electron chi connectivity index (χ0n) is 7.22. The van der Waals surface area contributed by atoms with Gasteiger partial charge in [0.25, 0.3) is 0 Å². The van der Waals surface area contributed by atoms with E-state index >= 15 is 0 Å². The van der Waals surface area contributed by atoms with Gasteiger partial charge in [0, 0.05) is 18.4 Å². The maximum Gasteiger partial charge on any atom is 0.0270 e. The molecule has 1 aliphatic rings. The predicted molar refractivity (Wildman–Crippen MR) is 58.7 cm³/mol. The number of nitrogens with two attached hydrogens (primary N) is 1. The van der Waals surface area contributed by atoms with Crippen LogP contribution in [-0.2, 0) is 0 Å². The van der Waals surface area contributed by atoms with Crippen molar-refractivity contribution < 1.29 is 0 Å². The fourth-order valence-corrected chi connectivity index (χ4v) is 1.57. The largest absolute Gasteiger partial charge is 0.328 e. The molecule has 1 aromatic heterocycles. The van der Waals surface area contributed by atoms with Crippen molar-refractivity contribution in [2.75, 3.05) is 0 Å². The van der Waals surface area contributed by atoms with E-state index in [9.17, 15) is 0 Å². The normalized spacial score (nSPS) is 25.0. The fourth-order valence-electron chi connectivity index (χ4n) is 1.57. The van der Waals surface area contributed by atoms with Crippen LogP contribution in [0.2, 0.25) is 0 Å². The van der Waals surface area contributed by atoms with E-state index in [0.29, 0.717) is 12.0 Å². The predicted octanol–water partition coefficient (Wildman–Crippen LogP) is 2.13. The van der Waals surface area contributed by atoms with Crippen molar-refractivity contribution in [1.29, 1.82) is 0 Å². The first-order valence-electron chi connectivity index (χ1n) is 4.02. The van der Waals surface area contributed by atoms with Crippen LogP contribution in [0.4, 0.5) is 0 Å². The number of hydrogen-bond donors (Lipinski definition) is 1. The summed E-state index contributed by atoms with van der Waals surface area (Å²) in [4.78, 5) is 3.97. The molecule has 0 atom stereocenters. The van der Waals surface area contributed by atoms with Crippen LogP contribution in [0.1, 0.15) is 24.3 Å². The van der Waals surface area contributed by atoms with Crippen molar-refractivity contribution in [2.24, 2.45) is 5.73 Å². The smallest absolute Gasteiger partial charge is 0.0270 e. The number of halogens is 2. The summed E-state index contributed by atoms with van der Waals surface area (Å²) in [5.74, 6) is 0.702. The lowest BCUT2D eigenvalue weighted by Gasteiger charge is -2.32. The Morgan fingerprint density at radius 2 is 1.69 bits per heavy atom. The van der Waals surface area contributed by atoms with Gasteiger partial charge in [-0.25, -0.2) is 0 Å². The number of hydrogen-bond acceptors (Lipinski definition) is 2. The topological polar surface area (TPSA) is 38.9 Å². The highest BCUT2D eigenvalue weighted by atomic mass is 35.5. The Morgan fingerprint density at radius 3 is 2.15 bits per heavy atom. The molecule has 1 aromatic rings. The number of aromatic nitrogens is 1. The summed E-state index contributed by atoms with van der Waals surface area (Å²) >= 11 is 0. The van der Waals surface area contributed by atoms with E-state index in [1.54, 1.807) is 0 Å². The molecule has 1 aliphatic carbocycles. The Morgan fingerprint density at radius 1 is 1.15 bits per heavy atom. The van der Waals surface area contributed by atoms with Gasteiger partial charge in [0.1, 0.15) is 0 Å². The summed E-state index contributed by atoms with van der Waals surface area (Å²) in [5, 5.41) is 0. The van der Waals surface area contributed by atoms with E-state index in [4.69, 9.17) is 5.73 Å². The quantitative estimate of drug-likeness (QED) is 0.788. The van der Waals surface area contributed by atoms with Gasteiger partial charge in [-0.3, -0.25) is 4.98 Å². The van der Waals surface area contributed by atoms with Crippen LogP contribution in [0.25, 0.3) is 0 Å². The third kappa shape index (κ3) is 2.83. The van der Waals surface area contributed by atoms with E-state index < -0.39 is 0 Å². The Hall–Kier alpha value is -0.310. The van der Waals surface area contributed by atoms with Gasteiger partial charge in [0.05, 0.1) is 0 Å². The summed E-state index contributed by atoms with van der Waals surface area (Å²) in [7, 11) is 0. The molecule has 4 heteroatoms. The second kappa shape index (κ2) is 5.43. The zero-order chi connectivity index (χ0) is 7.68. The minimum atomic E-state index is 0. The first-order chi connectivity index (χ1) is 5.36. The van der Waals surface area contributed by atoms with Gasteiger partial charge in [-0.15, -0.1) is 24.8 Å². The second-order valence-electron chi connectivity index (χ2n) is 3.21. The van der Waals surface area contributed by atoms with E-state index in [0.717, 1.165) is 12.8 Å². The van der Waals surface area contributed by atoms with E-state index in [2.05, 4.69) is 17.1 Å². The number of rotatable bonds is 1. The lowest BCUT2D eigenvalue weighted by molar-refractivity contribution is 0.351. The highest BCUT2D eigenvalue weighted by Gasteiger charge is 2.26. The van der Waals surface area contributed by atoms with Gasteiger partial charge in [-0.05, 0) is 36.5 Å². The van der Waals surface area contributed by atoms with Crippen LogP contribution in [0.15, 0.2) is 24.5 Å². The molecule has 1 fully saturated rings. The molecule has 13 heavy (non-hydrogen) atoms. The van der Waals surface area contributed by atoms with Crippen molar-refractivity contribution in [3.05, 3.63) is 30.1 Å². The van der Waals surface area contributed by atoms with E-state index in [1.165, 1.54) is 5.56 Å². The third-order valence-corrected chi connectivity index (χ3v) is 2.35. The van der Waals surface area contributed by atoms with Crippen molar-refractivity contribution in [3.8, 4) is 0 Å². The van der Waals surface area contributed by atoms with Crippen LogP contribution >= 0.6 is 24.8 Å². The Kier molecular flexibility index (Phi) is 5.30.